The number of aromatic nitrogens is 4. The molecule has 0 saturated carbocycles. The lowest BCUT2D eigenvalue weighted by atomic mass is 10.0. The highest BCUT2D eigenvalue weighted by Crippen LogP contribution is 2.39. The molecule has 5 heteroatoms. The van der Waals surface area contributed by atoms with Gasteiger partial charge in [-0.25, -0.2) is 9.97 Å². The topological polar surface area (TPSA) is 48.8 Å². The van der Waals surface area contributed by atoms with E-state index in [2.05, 4.69) is 167 Å². The van der Waals surface area contributed by atoms with Crippen LogP contribution in [-0.4, -0.2) is 19.1 Å². The van der Waals surface area contributed by atoms with E-state index in [-0.39, 0.29) is 0 Å². The summed E-state index contributed by atoms with van der Waals surface area (Å²) in [5, 5.41) is 5.82. The minimum absolute atomic E-state index is 0.641. The standard InChI is InChI=1S/C46H28N4O/c1-2-12-29(13-3-1)30-22-24-42(50-40-20-10-6-16-34(40)35-17-7-11-21-41(35)50)36(26-30)46-47-28-44-45(48-46)37-27-31(23-25-43(37)51-44)49-38-18-8-4-14-32(38)33-15-5-9-19-39(33)49/h1-28H. The van der Waals surface area contributed by atoms with Crippen molar-refractivity contribution in [3.63, 3.8) is 0 Å². The molecule has 0 atom stereocenters. The maximum atomic E-state index is 6.36. The lowest BCUT2D eigenvalue weighted by Crippen LogP contribution is -2.00. The van der Waals surface area contributed by atoms with Crippen molar-refractivity contribution in [3.05, 3.63) is 170 Å². The van der Waals surface area contributed by atoms with Crippen molar-refractivity contribution in [3.8, 4) is 33.9 Å². The van der Waals surface area contributed by atoms with Gasteiger partial charge >= 0.3 is 0 Å². The van der Waals surface area contributed by atoms with Gasteiger partial charge in [-0.3, -0.25) is 0 Å². The Morgan fingerprint density at radius 3 is 1.63 bits per heavy atom. The molecule has 0 amide bonds. The third-order valence-corrected chi connectivity index (χ3v) is 10.2. The minimum Gasteiger partial charge on any atom is -0.453 e. The summed E-state index contributed by atoms with van der Waals surface area (Å²) in [5.74, 6) is 0.641. The summed E-state index contributed by atoms with van der Waals surface area (Å²) in [6, 6.07) is 57.8. The van der Waals surface area contributed by atoms with Gasteiger partial charge in [-0.1, -0.05) is 109 Å². The average Bonchev–Trinajstić information content (AvgIpc) is 3.85. The molecule has 0 aliphatic heterocycles. The number of nitrogens with zero attached hydrogens (tertiary/aromatic N) is 4. The SMILES string of the molecule is c1ccc(-c2ccc(-n3c4ccccc4c4ccccc43)c(-c3ncc4oc5ccc(-n6c7ccccc7c7ccccc76)cc5c4n3)c2)cc1. The zero-order valence-corrected chi connectivity index (χ0v) is 27.4. The molecule has 5 nitrogen and oxygen atoms in total. The number of hydrogen-bond donors (Lipinski definition) is 0. The second kappa shape index (κ2) is 10.8. The van der Waals surface area contributed by atoms with Gasteiger partial charge in [0, 0.05) is 38.2 Å². The van der Waals surface area contributed by atoms with Crippen molar-refractivity contribution < 1.29 is 4.42 Å². The van der Waals surface area contributed by atoms with E-state index in [1.54, 1.807) is 0 Å². The largest absolute Gasteiger partial charge is 0.453 e. The van der Waals surface area contributed by atoms with Crippen LogP contribution in [0.2, 0.25) is 0 Å². The Morgan fingerprint density at radius 2 is 1.00 bits per heavy atom. The number of benzene rings is 7. The van der Waals surface area contributed by atoms with E-state index in [4.69, 9.17) is 14.4 Å². The molecule has 238 valence electrons. The Bertz CT molecular complexity index is 3040. The van der Waals surface area contributed by atoms with Gasteiger partial charge < -0.3 is 13.6 Å². The second-order valence-electron chi connectivity index (χ2n) is 13.0. The Morgan fingerprint density at radius 1 is 0.431 bits per heavy atom. The van der Waals surface area contributed by atoms with Gasteiger partial charge in [0.05, 0.1) is 34.0 Å². The fraction of sp³-hybridized carbons (Fsp3) is 0. The predicted octanol–water partition coefficient (Wildman–Crippen LogP) is 11.9. The van der Waals surface area contributed by atoms with Crippen molar-refractivity contribution in [1.82, 2.24) is 19.1 Å². The van der Waals surface area contributed by atoms with E-state index in [0.29, 0.717) is 11.4 Å². The lowest BCUT2D eigenvalue weighted by molar-refractivity contribution is 0.666. The van der Waals surface area contributed by atoms with Crippen LogP contribution in [0.5, 0.6) is 0 Å². The summed E-state index contributed by atoms with van der Waals surface area (Å²) in [7, 11) is 0. The number of furan rings is 1. The van der Waals surface area contributed by atoms with E-state index in [1.807, 2.05) is 12.3 Å². The number of fused-ring (bicyclic) bond motifs is 9. The normalized spacial score (nSPS) is 11.9. The molecule has 0 N–H and O–H groups in total. The first-order valence-corrected chi connectivity index (χ1v) is 17.2. The van der Waals surface area contributed by atoms with Crippen molar-refractivity contribution >= 4 is 65.7 Å². The van der Waals surface area contributed by atoms with Crippen LogP contribution in [-0.2, 0) is 0 Å². The molecule has 0 unspecified atom stereocenters. The minimum atomic E-state index is 0.641. The van der Waals surface area contributed by atoms with Crippen LogP contribution < -0.4 is 0 Å². The van der Waals surface area contributed by atoms with Crippen LogP contribution in [0.1, 0.15) is 0 Å². The van der Waals surface area contributed by atoms with Crippen LogP contribution in [0.25, 0.3) is 99.6 Å². The third-order valence-electron chi connectivity index (χ3n) is 10.2. The van der Waals surface area contributed by atoms with Crippen molar-refractivity contribution in [2.24, 2.45) is 0 Å². The highest BCUT2D eigenvalue weighted by molar-refractivity contribution is 6.11. The van der Waals surface area contributed by atoms with Crippen LogP contribution in [0.4, 0.5) is 0 Å². The molecule has 0 spiro atoms. The highest BCUT2D eigenvalue weighted by atomic mass is 16.3. The molecular weight excluding hydrogens is 625 g/mol. The first kappa shape index (κ1) is 27.9. The molecule has 0 fully saturated rings. The molecule has 0 radical (unpaired) electrons. The van der Waals surface area contributed by atoms with Crippen LogP contribution in [0.15, 0.2) is 174 Å². The molecule has 4 heterocycles. The molecule has 0 bridgehead atoms. The monoisotopic (exact) mass is 652 g/mol. The zero-order chi connectivity index (χ0) is 33.5. The molecule has 0 saturated heterocycles. The predicted molar refractivity (Wildman–Crippen MR) is 209 cm³/mol. The molecule has 4 aromatic heterocycles. The summed E-state index contributed by atoms with van der Waals surface area (Å²) < 4.78 is 11.0. The molecule has 11 rings (SSSR count). The van der Waals surface area contributed by atoms with Crippen LogP contribution in [0, 0.1) is 0 Å². The van der Waals surface area contributed by atoms with Gasteiger partial charge in [0.1, 0.15) is 11.1 Å². The first-order valence-electron chi connectivity index (χ1n) is 17.2. The Balaban J connectivity index is 1.17. The summed E-state index contributed by atoms with van der Waals surface area (Å²) in [4.78, 5) is 10.3. The smallest absolute Gasteiger partial charge is 0.172 e. The van der Waals surface area contributed by atoms with Gasteiger partial charge in [0.15, 0.2) is 11.4 Å². The molecule has 0 aliphatic carbocycles. The van der Waals surface area contributed by atoms with E-state index in [1.165, 1.54) is 21.5 Å². The molecule has 51 heavy (non-hydrogen) atoms. The van der Waals surface area contributed by atoms with Crippen LogP contribution in [0.3, 0.4) is 0 Å². The summed E-state index contributed by atoms with van der Waals surface area (Å²) in [6.07, 6.45) is 1.82. The summed E-state index contributed by atoms with van der Waals surface area (Å²) >= 11 is 0. The van der Waals surface area contributed by atoms with Crippen molar-refractivity contribution in [2.75, 3.05) is 0 Å². The van der Waals surface area contributed by atoms with Crippen LogP contribution >= 0.6 is 0 Å². The Labute approximate surface area is 292 Å². The van der Waals surface area contributed by atoms with E-state index in [9.17, 15) is 0 Å². The average molecular weight is 653 g/mol. The fourth-order valence-corrected chi connectivity index (χ4v) is 7.92. The number of hydrogen-bond acceptors (Lipinski definition) is 3. The number of rotatable bonds is 4. The van der Waals surface area contributed by atoms with Crippen molar-refractivity contribution in [1.29, 1.82) is 0 Å². The quantitative estimate of drug-likeness (QED) is 0.190. The summed E-state index contributed by atoms with van der Waals surface area (Å²) in [6.45, 7) is 0. The van der Waals surface area contributed by atoms with Gasteiger partial charge in [-0.05, 0) is 65.7 Å². The van der Waals surface area contributed by atoms with E-state index < -0.39 is 0 Å². The maximum Gasteiger partial charge on any atom is 0.172 e. The van der Waals surface area contributed by atoms with Gasteiger partial charge in [-0.2, -0.15) is 0 Å². The molecule has 11 aromatic rings. The van der Waals surface area contributed by atoms with E-state index in [0.717, 1.165) is 66.6 Å². The lowest BCUT2D eigenvalue weighted by Gasteiger charge is -2.15. The Kier molecular flexibility index (Phi) is 5.89. The molecular formula is C46H28N4O. The van der Waals surface area contributed by atoms with Gasteiger partial charge in [0.25, 0.3) is 0 Å². The second-order valence-corrected chi connectivity index (χ2v) is 13.0. The Hall–Kier alpha value is -6.98. The fourth-order valence-electron chi connectivity index (χ4n) is 7.92. The molecule has 7 aromatic carbocycles. The summed E-state index contributed by atoms with van der Waals surface area (Å²) in [5.41, 5.74) is 12.1. The zero-order valence-electron chi connectivity index (χ0n) is 27.4. The van der Waals surface area contributed by atoms with Gasteiger partial charge in [0.2, 0.25) is 0 Å². The van der Waals surface area contributed by atoms with E-state index >= 15 is 0 Å². The van der Waals surface area contributed by atoms with Crippen molar-refractivity contribution in [2.45, 2.75) is 0 Å². The first-order chi connectivity index (χ1) is 25.3. The number of para-hydroxylation sites is 4. The molecule has 0 aliphatic rings. The van der Waals surface area contributed by atoms with Gasteiger partial charge in [-0.15, -0.1) is 0 Å². The highest BCUT2D eigenvalue weighted by Gasteiger charge is 2.20. The maximum absolute atomic E-state index is 6.36. The third kappa shape index (κ3) is 4.15.